The van der Waals surface area contributed by atoms with Crippen molar-refractivity contribution in [1.82, 2.24) is 4.98 Å². The van der Waals surface area contributed by atoms with E-state index in [1.54, 1.807) is 36.2 Å². The second-order valence-electron chi connectivity index (χ2n) is 3.31. The molecular formula is C9H14N2O2S2. The molecule has 0 spiro atoms. The maximum atomic E-state index is 11.3. The highest BCUT2D eigenvalue weighted by molar-refractivity contribution is 8.00. The quantitative estimate of drug-likeness (QED) is 0.630. The summed E-state index contributed by atoms with van der Waals surface area (Å²) in [5, 5.41) is 1.92. The van der Waals surface area contributed by atoms with Gasteiger partial charge in [0, 0.05) is 17.3 Å². The highest BCUT2D eigenvalue weighted by Crippen LogP contribution is 2.23. The third kappa shape index (κ3) is 3.81. The summed E-state index contributed by atoms with van der Waals surface area (Å²) in [5.41, 5.74) is 4.90. The van der Waals surface area contributed by atoms with Gasteiger partial charge >= 0.3 is 5.97 Å². The van der Waals surface area contributed by atoms with Gasteiger partial charge in [-0.15, -0.1) is 11.3 Å². The molecule has 0 amide bonds. The number of ether oxygens (including phenoxy) is 1. The Balaban J connectivity index is 2.33. The lowest BCUT2D eigenvalue weighted by Gasteiger charge is -2.20. The first-order valence-corrected chi connectivity index (χ1v) is 6.32. The molecule has 6 heteroatoms. The average Bonchev–Trinajstić information content (AvgIpc) is 2.69. The molecule has 2 N–H and O–H groups in total. The zero-order chi connectivity index (χ0) is 11.3. The Hall–Kier alpha value is -0.590. The van der Waals surface area contributed by atoms with Crippen molar-refractivity contribution in [3.8, 4) is 0 Å². The van der Waals surface area contributed by atoms with E-state index >= 15 is 0 Å². The van der Waals surface area contributed by atoms with E-state index in [-0.39, 0.29) is 5.97 Å². The molecule has 0 aromatic carbocycles. The van der Waals surface area contributed by atoms with E-state index in [4.69, 9.17) is 5.73 Å². The van der Waals surface area contributed by atoms with Crippen LogP contribution in [0.2, 0.25) is 0 Å². The maximum absolute atomic E-state index is 11.3. The molecule has 0 saturated carbocycles. The number of nitrogens with two attached hydrogens (primary N) is 1. The van der Waals surface area contributed by atoms with E-state index in [1.807, 2.05) is 5.38 Å². The maximum Gasteiger partial charge on any atom is 0.325 e. The smallest absolute Gasteiger partial charge is 0.325 e. The van der Waals surface area contributed by atoms with Crippen LogP contribution >= 0.6 is 23.1 Å². The number of esters is 1. The molecule has 0 aliphatic rings. The number of carbonyl (C=O) groups is 1. The van der Waals surface area contributed by atoms with Gasteiger partial charge < -0.3 is 10.5 Å². The molecule has 1 aromatic rings. The summed E-state index contributed by atoms with van der Waals surface area (Å²) >= 11 is 3.18. The Labute approximate surface area is 97.2 Å². The number of nitrogens with zero attached hydrogens (tertiary/aromatic N) is 1. The number of hydrogen-bond donors (Lipinski definition) is 1. The molecule has 0 fully saturated rings. The zero-order valence-corrected chi connectivity index (χ0v) is 10.4. The van der Waals surface area contributed by atoms with Crippen LogP contribution in [0.25, 0.3) is 0 Å². The van der Waals surface area contributed by atoms with E-state index in [0.29, 0.717) is 6.42 Å². The molecule has 1 atom stereocenters. The Morgan fingerprint density at radius 1 is 1.80 bits per heavy atom. The van der Waals surface area contributed by atoms with Crippen LogP contribution in [0.3, 0.4) is 0 Å². The third-order valence-corrected chi connectivity index (χ3v) is 3.88. The topological polar surface area (TPSA) is 65.2 Å². The standard InChI is InChI=1S/C9H14N2O2S2/c1-9(10,7(12)13-2)3-5-14-8-11-4-6-15-8/h4,6H,3,5,10H2,1-2H3. The number of aromatic nitrogens is 1. The Morgan fingerprint density at radius 3 is 3.07 bits per heavy atom. The van der Waals surface area contributed by atoms with Crippen molar-refractivity contribution in [2.24, 2.45) is 5.73 Å². The van der Waals surface area contributed by atoms with E-state index in [1.165, 1.54) is 7.11 Å². The number of carbonyl (C=O) groups excluding carboxylic acids is 1. The molecule has 0 saturated heterocycles. The van der Waals surface area contributed by atoms with E-state index in [0.717, 1.165) is 10.1 Å². The van der Waals surface area contributed by atoms with Crippen molar-refractivity contribution >= 4 is 29.1 Å². The van der Waals surface area contributed by atoms with Crippen LogP contribution in [0.15, 0.2) is 15.9 Å². The summed E-state index contributed by atoms with van der Waals surface area (Å²) in [6.45, 7) is 1.68. The molecule has 1 aromatic heterocycles. The monoisotopic (exact) mass is 246 g/mol. The van der Waals surface area contributed by atoms with Gasteiger partial charge in [0.15, 0.2) is 0 Å². The van der Waals surface area contributed by atoms with Crippen LogP contribution in [0.1, 0.15) is 13.3 Å². The molecule has 1 rings (SSSR count). The molecule has 4 nitrogen and oxygen atoms in total. The van der Waals surface area contributed by atoms with Crippen LogP contribution in [-0.4, -0.2) is 29.4 Å². The second kappa shape index (κ2) is 5.48. The highest BCUT2D eigenvalue weighted by atomic mass is 32.2. The Morgan fingerprint density at radius 2 is 2.53 bits per heavy atom. The molecule has 15 heavy (non-hydrogen) atoms. The number of hydrogen-bond acceptors (Lipinski definition) is 6. The highest BCUT2D eigenvalue weighted by Gasteiger charge is 2.28. The first-order valence-electron chi connectivity index (χ1n) is 4.46. The minimum Gasteiger partial charge on any atom is -0.468 e. The fourth-order valence-electron chi connectivity index (χ4n) is 0.967. The largest absolute Gasteiger partial charge is 0.468 e. The normalized spacial score (nSPS) is 14.6. The van der Waals surface area contributed by atoms with Gasteiger partial charge in [0.1, 0.15) is 9.88 Å². The minimum atomic E-state index is -0.904. The lowest BCUT2D eigenvalue weighted by molar-refractivity contribution is -0.146. The predicted molar refractivity (Wildman–Crippen MR) is 62.1 cm³/mol. The molecule has 84 valence electrons. The van der Waals surface area contributed by atoms with Crippen molar-refractivity contribution in [2.75, 3.05) is 12.9 Å². The summed E-state index contributed by atoms with van der Waals surface area (Å²) in [4.78, 5) is 15.4. The van der Waals surface area contributed by atoms with Gasteiger partial charge in [-0.2, -0.15) is 0 Å². The van der Waals surface area contributed by atoms with Crippen molar-refractivity contribution in [1.29, 1.82) is 0 Å². The lowest BCUT2D eigenvalue weighted by Crippen LogP contribution is -2.46. The first-order chi connectivity index (χ1) is 7.06. The SMILES string of the molecule is COC(=O)C(C)(N)CCSc1nccs1. The zero-order valence-electron chi connectivity index (χ0n) is 8.73. The lowest BCUT2D eigenvalue weighted by atomic mass is 10.0. The van der Waals surface area contributed by atoms with Crippen molar-refractivity contribution in [3.63, 3.8) is 0 Å². The van der Waals surface area contributed by atoms with Gasteiger partial charge in [-0.3, -0.25) is 4.79 Å². The fraction of sp³-hybridized carbons (Fsp3) is 0.556. The minimum absolute atomic E-state index is 0.373. The van der Waals surface area contributed by atoms with Crippen LogP contribution in [0.4, 0.5) is 0 Å². The summed E-state index contributed by atoms with van der Waals surface area (Å²) in [6.07, 6.45) is 2.33. The number of thiazole rings is 1. The summed E-state index contributed by atoms with van der Waals surface area (Å²) in [5.74, 6) is 0.387. The number of rotatable bonds is 5. The third-order valence-electron chi connectivity index (χ3n) is 1.91. The summed E-state index contributed by atoms with van der Waals surface area (Å²) < 4.78 is 5.61. The van der Waals surface area contributed by atoms with E-state index < -0.39 is 5.54 Å². The first kappa shape index (κ1) is 12.5. The summed E-state index contributed by atoms with van der Waals surface area (Å²) in [7, 11) is 1.35. The molecule has 0 aliphatic carbocycles. The van der Waals surface area contributed by atoms with Crippen molar-refractivity contribution in [2.45, 2.75) is 23.2 Å². The van der Waals surface area contributed by atoms with E-state index in [2.05, 4.69) is 9.72 Å². The van der Waals surface area contributed by atoms with Crippen LogP contribution in [0.5, 0.6) is 0 Å². The second-order valence-corrected chi connectivity index (χ2v) is 5.54. The molecule has 1 heterocycles. The van der Waals surface area contributed by atoms with Gasteiger partial charge in [0.25, 0.3) is 0 Å². The number of methoxy groups -OCH3 is 1. The van der Waals surface area contributed by atoms with Crippen molar-refractivity contribution < 1.29 is 9.53 Å². The van der Waals surface area contributed by atoms with Gasteiger partial charge in [0.05, 0.1) is 7.11 Å². The molecule has 0 bridgehead atoms. The van der Waals surface area contributed by atoms with Gasteiger partial charge in [0.2, 0.25) is 0 Å². The molecule has 1 unspecified atom stereocenters. The van der Waals surface area contributed by atoms with Crippen molar-refractivity contribution in [3.05, 3.63) is 11.6 Å². The fourth-order valence-corrected chi connectivity index (χ4v) is 2.85. The molecule has 0 aliphatic heterocycles. The molecule has 0 radical (unpaired) electrons. The Bertz CT molecular complexity index is 312. The van der Waals surface area contributed by atoms with Gasteiger partial charge in [-0.25, -0.2) is 4.98 Å². The Kier molecular flexibility index (Phi) is 4.56. The van der Waals surface area contributed by atoms with Gasteiger partial charge in [-0.1, -0.05) is 11.8 Å². The van der Waals surface area contributed by atoms with Crippen LogP contribution < -0.4 is 5.73 Å². The average molecular weight is 246 g/mol. The van der Waals surface area contributed by atoms with Crippen LogP contribution in [-0.2, 0) is 9.53 Å². The predicted octanol–water partition coefficient (Wildman–Crippen LogP) is 1.52. The molecular weight excluding hydrogens is 232 g/mol. The number of thioether (sulfide) groups is 1. The van der Waals surface area contributed by atoms with Gasteiger partial charge in [-0.05, 0) is 13.3 Å². The van der Waals surface area contributed by atoms with Crippen LogP contribution in [0, 0.1) is 0 Å². The summed E-state index contributed by atoms with van der Waals surface area (Å²) in [6, 6.07) is 0. The van der Waals surface area contributed by atoms with E-state index in [9.17, 15) is 4.79 Å².